The number of carboxylic acid groups (broad SMARTS) is 1. The summed E-state index contributed by atoms with van der Waals surface area (Å²) in [5.74, 6) is -1.41. The van der Waals surface area contributed by atoms with Crippen molar-refractivity contribution in [2.24, 2.45) is 5.92 Å². The quantitative estimate of drug-likeness (QED) is 0.406. The molecule has 2 amide bonds. The van der Waals surface area contributed by atoms with Crippen LogP contribution in [0.3, 0.4) is 0 Å². The molecule has 3 aromatic rings. The van der Waals surface area contributed by atoms with Crippen LogP contribution < -0.4 is 10.6 Å². The van der Waals surface area contributed by atoms with Gasteiger partial charge in [-0.05, 0) is 28.2 Å². The Morgan fingerprint density at radius 1 is 1.06 bits per heavy atom. The fourth-order valence-corrected chi connectivity index (χ4v) is 4.89. The summed E-state index contributed by atoms with van der Waals surface area (Å²) in [5.41, 5.74) is 4.54. The summed E-state index contributed by atoms with van der Waals surface area (Å²) in [4.78, 5) is 40.0. The van der Waals surface area contributed by atoms with Gasteiger partial charge in [0.25, 0.3) is 0 Å². The van der Waals surface area contributed by atoms with Crippen LogP contribution in [0.25, 0.3) is 11.1 Å². The van der Waals surface area contributed by atoms with E-state index in [9.17, 15) is 14.4 Å². The van der Waals surface area contributed by atoms with Gasteiger partial charge in [-0.15, -0.1) is 11.3 Å². The number of benzene rings is 2. The van der Waals surface area contributed by atoms with E-state index in [1.54, 1.807) is 0 Å². The lowest BCUT2D eigenvalue weighted by Crippen LogP contribution is -2.42. The molecule has 2 aromatic carbocycles. The van der Waals surface area contributed by atoms with Crippen molar-refractivity contribution >= 4 is 29.3 Å². The topological polar surface area (TPSA) is 118 Å². The van der Waals surface area contributed by atoms with E-state index in [1.165, 1.54) is 16.7 Å². The van der Waals surface area contributed by atoms with E-state index >= 15 is 0 Å². The third-order valence-corrected chi connectivity index (χ3v) is 6.91. The Morgan fingerprint density at radius 3 is 2.26 bits per heavy atom. The van der Waals surface area contributed by atoms with Gasteiger partial charge in [0.2, 0.25) is 5.91 Å². The van der Waals surface area contributed by atoms with Crippen molar-refractivity contribution in [2.45, 2.75) is 38.8 Å². The van der Waals surface area contributed by atoms with Crippen LogP contribution >= 0.6 is 11.3 Å². The second kappa shape index (κ2) is 10.7. The average Bonchev–Trinajstić information content (AvgIpc) is 3.44. The first-order chi connectivity index (χ1) is 16.8. The first-order valence-electron chi connectivity index (χ1n) is 11.4. The molecule has 9 heteroatoms. The summed E-state index contributed by atoms with van der Waals surface area (Å²) in [6, 6.07) is 15.8. The van der Waals surface area contributed by atoms with Crippen LogP contribution in [0, 0.1) is 5.92 Å². The number of hydrogen-bond donors (Lipinski definition) is 3. The zero-order valence-electron chi connectivity index (χ0n) is 19.5. The molecule has 35 heavy (non-hydrogen) atoms. The highest BCUT2D eigenvalue weighted by molar-refractivity contribution is 7.09. The molecule has 0 saturated carbocycles. The molecule has 0 fully saturated rings. The summed E-state index contributed by atoms with van der Waals surface area (Å²) < 4.78 is 5.61. The maximum absolute atomic E-state index is 12.6. The number of rotatable bonds is 9. The molecule has 1 atom stereocenters. The number of nitrogens with one attached hydrogen (secondary N) is 2. The molecular formula is C26H27N3O5S. The van der Waals surface area contributed by atoms with Crippen molar-refractivity contribution in [3.05, 3.63) is 75.7 Å². The van der Waals surface area contributed by atoms with Crippen LogP contribution in [-0.4, -0.2) is 40.7 Å². The Balaban J connectivity index is 1.31. The molecular weight excluding hydrogens is 466 g/mol. The molecule has 8 nitrogen and oxygen atoms in total. The van der Waals surface area contributed by atoms with Gasteiger partial charge < -0.3 is 20.5 Å². The second-order valence-corrected chi connectivity index (χ2v) is 9.68. The SMILES string of the molecule is CC(C)[C@@H](CC(=O)NCc1nc(C(=O)O)cs1)NC(=O)OCC1c2ccccc2-c2ccccc21. The molecule has 0 aliphatic heterocycles. The van der Waals surface area contributed by atoms with E-state index in [4.69, 9.17) is 9.84 Å². The standard InChI is InChI=1S/C26H27N3O5S/c1-15(2)21(11-23(30)27-12-24-28-22(14-35-24)25(31)32)29-26(33)34-13-20-18-9-5-3-7-16(18)17-8-4-6-10-19(17)20/h3-10,14-15,20-21H,11-13H2,1-2H3,(H,27,30)(H,29,33)(H,31,32)/t21-/m1/s1. The highest BCUT2D eigenvalue weighted by Gasteiger charge is 2.29. The van der Waals surface area contributed by atoms with Gasteiger partial charge in [0.15, 0.2) is 5.69 Å². The predicted octanol–water partition coefficient (Wildman–Crippen LogP) is 4.41. The van der Waals surface area contributed by atoms with Crippen LogP contribution in [0.2, 0.25) is 0 Å². The van der Waals surface area contributed by atoms with Crippen molar-refractivity contribution in [2.75, 3.05) is 6.61 Å². The normalized spacial score (nSPS) is 13.1. The van der Waals surface area contributed by atoms with E-state index in [0.29, 0.717) is 5.01 Å². The zero-order chi connectivity index (χ0) is 24.9. The third kappa shape index (κ3) is 5.68. The zero-order valence-corrected chi connectivity index (χ0v) is 20.3. The van der Waals surface area contributed by atoms with Crippen molar-refractivity contribution in [1.82, 2.24) is 15.6 Å². The molecule has 0 spiro atoms. The van der Waals surface area contributed by atoms with E-state index in [-0.39, 0.29) is 43.0 Å². The first-order valence-corrected chi connectivity index (χ1v) is 12.3. The highest BCUT2D eigenvalue weighted by atomic mass is 32.1. The molecule has 3 N–H and O–H groups in total. The predicted molar refractivity (Wildman–Crippen MR) is 132 cm³/mol. The lowest BCUT2D eigenvalue weighted by atomic mass is 9.98. The minimum absolute atomic E-state index is 0.000270. The Kier molecular flexibility index (Phi) is 7.45. The molecule has 0 unspecified atom stereocenters. The van der Waals surface area contributed by atoms with Gasteiger partial charge in [-0.25, -0.2) is 14.6 Å². The lowest BCUT2D eigenvalue weighted by molar-refractivity contribution is -0.121. The molecule has 4 rings (SSSR count). The number of ether oxygens (including phenoxy) is 1. The van der Waals surface area contributed by atoms with Crippen molar-refractivity contribution in [3.8, 4) is 11.1 Å². The second-order valence-electron chi connectivity index (χ2n) is 8.73. The number of fused-ring (bicyclic) bond motifs is 3. The van der Waals surface area contributed by atoms with E-state index in [2.05, 4.69) is 39.9 Å². The van der Waals surface area contributed by atoms with Gasteiger partial charge in [-0.3, -0.25) is 4.79 Å². The van der Waals surface area contributed by atoms with Crippen molar-refractivity contribution < 1.29 is 24.2 Å². The smallest absolute Gasteiger partial charge is 0.407 e. The van der Waals surface area contributed by atoms with Gasteiger partial charge >= 0.3 is 12.1 Å². The number of amides is 2. The van der Waals surface area contributed by atoms with Crippen LogP contribution in [0.5, 0.6) is 0 Å². The van der Waals surface area contributed by atoms with Crippen LogP contribution in [-0.2, 0) is 16.1 Å². The van der Waals surface area contributed by atoms with E-state index in [1.807, 2.05) is 38.1 Å². The van der Waals surface area contributed by atoms with E-state index in [0.717, 1.165) is 22.3 Å². The van der Waals surface area contributed by atoms with Crippen LogP contribution in [0.4, 0.5) is 4.79 Å². The average molecular weight is 494 g/mol. The van der Waals surface area contributed by atoms with Crippen LogP contribution in [0.15, 0.2) is 53.9 Å². The summed E-state index contributed by atoms with van der Waals surface area (Å²) in [7, 11) is 0. The number of hydrogen-bond acceptors (Lipinski definition) is 6. The Labute approximate surface area is 207 Å². The summed E-state index contributed by atoms with van der Waals surface area (Å²) in [5, 5.41) is 16.4. The maximum Gasteiger partial charge on any atom is 0.407 e. The highest BCUT2D eigenvalue weighted by Crippen LogP contribution is 2.44. The number of carboxylic acids is 1. The third-order valence-electron chi connectivity index (χ3n) is 6.06. The number of alkyl carbamates (subject to hydrolysis) is 1. The lowest BCUT2D eigenvalue weighted by Gasteiger charge is -2.22. The van der Waals surface area contributed by atoms with Gasteiger partial charge in [-0.1, -0.05) is 62.4 Å². The van der Waals surface area contributed by atoms with Gasteiger partial charge in [0.1, 0.15) is 11.6 Å². The number of carbonyl (C=O) groups excluding carboxylic acids is 2. The number of nitrogens with zero attached hydrogens (tertiary/aromatic N) is 1. The number of thiazole rings is 1. The summed E-state index contributed by atoms with van der Waals surface area (Å²) >= 11 is 1.17. The number of aromatic carboxylic acids is 1. The monoisotopic (exact) mass is 493 g/mol. The molecule has 1 aliphatic rings. The molecule has 1 aromatic heterocycles. The molecule has 1 heterocycles. The van der Waals surface area contributed by atoms with Crippen molar-refractivity contribution in [1.29, 1.82) is 0 Å². The maximum atomic E-state index is 12.6. The van der Waals surface area contributed by atoms with Gasteiger partial charge in [-0.2, -0.15) is 0 Å². The minimum atomic E-state index is -1.11. The molecule has 182 valence electrons. The van der Waals surface area contributed by atoms with E-state index < -0.39 is 18.1 Å². The number of carbonyl (C=O) groups is 3. The minimum Gasteiger partial charge on any atom is -0.476 e. The molecule has 0 radical (unpaired) electrons. The van der Waals surface area contributed by atoms with Crippen LogP contribution in [0.1, 0.15) is 52.8 Å². The molecule has 0 bridgehead atoms. The fraction of sp³-hybridized carbons (Fsp3) is 0.308. The summed E-state index contributed by atoms with van der Waals surface area (Å²) in [6.45, 7) is 4.17. The Bertz CT molecular complexity index is 1190. The fourth-order valence-electron chi connectivity index (χ4n) is 4.18. The largest absolute Gasteiger partial charge is 0.476 e. The molecule has 1 aliphatic carbocycles. The van der Waals surface area contributed by atoms with Crippen molar-refractivity contribution in [3.63, 3.8) is 0 Å². The Hall–Kier alpha value is -3.72. The summed E-state index contributed by atoms with van der Waals surface area (Å²) in [6.07, 6.45) is -0.497. The van der Waals surface area contributed by atoms with Gasteiger partial charge in [0, 0.05) is 23.8 Å². The molecule has 0 saturated heterocycles. The number of aromatic nitrogens is 1. The van der Waals surface area contributed by atoms with Gasteiger partial charge in [0.05, 0.1) is 6.54 Å². The Morgan fingerprint density at radius 2 is 1.69 bits per heavy atom. The first kappa shape index (κ1) is 24.4.